The second-order valence-corrected chi connectivity index (χ2v) is 9.42. The van der Waals surface area contributed by atoms with Crippen molar-refractivity contribution in [3.8, 4) is 0 Å². The Morgan fingerprint density at radius 1 is 0.448 bits per heavy atom. The molecule has 0 saturated heterocycles. The third-order valence-electron chi connectivity index (χ3n) is 6.70. The fourth-order valence-electron chi connectivity index (χ4n) is 4.52. The summed E-state index contributed by atoms with van der Waals surface area (Å²) in [7, 11) is 0. The number of hydrogen-bond acceptors (Lipinski definition) is 2. The summed E-state index contributed by atoms with van der Waals surface area (Å²) in [6.45, 7) is 9.43. The minimum atomic E-state index is 0.572. The van der Waals surface area contributed by atoms with Gasteiger partial charge in [-0.15, -0.1) is 0 Å². The third kappa shape index (κ3) is 14.1. The van der Waals surface area contributed by atoms with Crippen LogP contribution in [0.4, 0.5) is 0 Å². The molecule has 172 valence electrons. The zero-order valence-corrected chi connectivity index (χ0v) is 20.5. The molecule has 0 aromatic heterocycles. The second-order valence-electron chi connectivity index (χ2n) is 9.42. The zero-order chi connectivity index (χ0) is 21.0. The van der Waals surface area contributed by atoms with Crippen LogP contribution in [-0.2, 0) is 0 Å². The van der Waals surface area contributed by atoms with Crippen molar-refractivity contribution in [1.82, 2.24) is 9.80 Å². The van der Waals surface area contributed by atoms with Gasteiger partial charge in [-0.1, -0.05) is 123 Å². The first kappa shape index (κ1) is 26.4. The molecule has 0 fully saturated rings. The van der Waals surface area contributed by atoms with E-state index in [0.717, 1.165) is 0 Å². The fourth-order valence-corrected chi connectivity index (χ4v) is 4.52. The molecule has 0 bridgehead atoms. The summed E-state index contributed by atoms with van der Waals surface area (Å²) >= 11 is 0. The number of hydrogen-bond donors (Lipinski definition) is 0. The summed E-state index contributed by atoms with van der Waals surface area (Å²) < 4.78 is 0. The Balaban J connectivity index is 1.85. The Kier molecular flexibility index (Phi) is 17.6. The second kappa shape index (κ2) is 19.3. The summed E-state index contributed by atoms with van der Waals surface area (Å²) in [6, 6.07) is 0. The highest BCUT2D eigenvalue weighted by molar-refractivity contribution is 4.95. The summed E-state index contributed by atoms with van der Waals surface area (Å²) in [5.41, 5.74) is 0. The van der Waals surface area contributed by atoms with Crippen LogP contribution in [0.2, 0.25) is 0 Å². The Labute approximate surface area is 184 Å². The van der Waals surface area contributed by atoms with Gasteiger partial charge in [0.1, 0.15) is 0 Å². The molecule has 2 heteroatoms. The SMILES string of the molecule is CCCCCCCCCCCCCCCCN1C=CN(CCCCCCC)C1C. The van der Waals surface area contributed by atoms with Crippen LogP contribution in [0.5, 0.6) is 0 Å². The fraction of sp³-hybridized carbons (Fsp3) is 0.926. The van der Waals surface area contributed by atoms with E-state index in [-0.39, 0.29) is 0 Å². The molecule has 0 radical (unpaired) electrons. The minimum Gasteiger partial charge on any atom is -0.356 e. The summed E-state index contributed by atoms with van der Waals surface area (Å²) in [5.74, 6) is 0. The summed E-state index contributed by atoms with van der Waals surface area (Å²) in [6.07, 6.45) is 32.3. The van der Waals surface area contributed by atoms with Crippen LogP contribution in [0.15, 0.2) is 12.4 Å². The normalized spacial score (nSPS) is 16.3. The van der Waals surface area contributed by atoms with Crippen molar-refractivity contribution in [2.45, 2.75) is 149 Å². The standard InChI is InChI=1S/C27H54N2/c1-4-6-8-10-11-12-13-14-15-16-17-18-20-22-24-29-26-25-28(27(29)3)23-21-19-9-7-5-2/h25-27H,4-24H2,1-3H3. The molecule has 0 aliphatic carbocycles. The van der Waals surface area contributed by atoms with Gasteiger partial charge in [0.2, 0.25) is 0 Å². The van der Waals surface area contributed by atoms with E-state index in [1.807, 2.05) is 0 Å². The molecule has 0 N–H and O–H groups in total. The maximum atomic E-state index is 2.55. The van der Waals surface area contributed by atoms with Gasteiger partial charge >= 0.3 is 0 Å². The van der Waals surface area contributed by atoms with E-state index in [1.165, 1.54) is 135 Å². The molecule has 1 aliphatic heterocycles. The van der Waals surface area contributed by atoms with Crippen molar-refractivity contribution in [2.24, 2.45) is 0 Å². The Morgan fingerprint density at radius 2 is 0.724 bits per heavy atom. The van der Waals surface area contributed by atoms with Crippen LogP contribution in [0.25, 0.3) is 0 Å². The summed E-state index contributed by atoms with van der Waals surface area (Å²) in [4.78, 5) is 5.09. The van der Waals surface area contributed by atoms with Crippen LogP contribution in [0, 0.1) is 0 Å². The van der Waals surface area contributed by atoms with E-state index >= 15 is 0 Å². The quantitative estimate of drug-likeness (QED) is 0.176. The maximum absolute atomic E-state index is 2.55. The zero-order valence-electron chi connectivity index (χ0n) is 20.5. The first-order chi connectivity index (χ1) is 14.3. The number of nitrogens with zero attached hydrogens (tertiary/aromatic N) is 2. The van der Waals surface area contributed by atoms with E-state index in [0.29, 0.717) is 6.17 Å². The van der Waals surface area contributed by atoms with Crippen LogP contribution < -0.4 is 0 Å². The van der Waals surface area contributed by atoms with Crippen molar-refractivity contribution < 1.29 is 0 Å². The van der Waals surface area contributed by atoms with E-state index in [4.69, 9.17) is 0 Å². The van der Waals surface area contributed by atoms with Gasteiger partial charge in [0, 0.05) is 25.5 Å². The first-order valence-electron chi connectivity index (χ1n) is 13.5. The van der Waals surface area contributed by atoms with Gasteiger partial charge in [-0.05, 0) is 19.8 Å². The Morgan fingerprint density at radius 3 is 1.03 bits per heavy atom. The third-order valence-corrected chi connectivity index (χ3v) is 6.70. The topological polar surface area (TPSA) is 6.48 Å². The predicted octanol–water partition coefficient (Wildman–Crippen LogP) is 8.87. The molecule has 29 heavy (non-hydrogen) atoms. The molecule has 1 atom stereocenters. The average molecular weight is 407 g/mol. The Hall–Kier alpha value is -0.660. The predicted molar refractivity (Wildman–Crippen MR) is 131 cm³/mol. The molecule has 1 rings (SSSR count). The molecule has 0 amide bonds. The molecule has 0 spiro atoms. The lowest BCUT2D eigenvalue weighted by Gasteiger charge is -2.30. The van der Waals surface area contributed by atoms with Crippen LogP contribution in [-0.4, -0.2) is 29.1 Å². The molecule has 0 aromatic carbocycles. The van der Waals surface area contributed by atoms with Crippen molar-refractivity contribution in [3.05, 3.63) is 12.4 Å². The highest BCUT2D eigenvalue weighted by atomic mass is 15.4. The van der Waals surface area contributed by atoms with Crippen molar-refractivity contribution in [2.75, 3.05) is 13.1 Å². The van der Waals surface area contributed by atoms with E-state index in [1.54, 1.807) is 0 Å². The van der Waals surface area contributed by atoms with Crippen LogP contribution in [0.3, 0.4) is 0 Å². The van der Waals surface area contributed by atoms with E-state index in [9.17, 15) is 0 Å². The molecule has 1 unspecified atom stereocenters. The first-order valence-corrected chi connectivity index (χ1v) is 13.5. The lowest BCUT2D eigenvalue weighted by Crippen LogP contribution is -2.36. The van der Waals surface area contributed by atoms with Gasteiger partial charge in [0.05, 0.1) is 6.17 Å². The monoisotopic (exact) mass is 406 g/mol. The number of unbranched alkanes of at least 4 members (excludes halogenated alkanes) is 17. The van der Waals surface area contributed by atoms with E-state index < -0.39 is 0 Å². The largest absolute Gasteiger partial charge is 0.356 e. The smallest absolute Gasteiger partial charge is 0.0977 e. The lowest BCUT2D eigenvalue weighted by molar-refractivity contribution is 0.165. The van der Waals surface area contributed by atoms with Gasteiger partial charge in [-0.25, -0.2) is 0 Å². The average Bonchev–Trinajstić information content (AvgIpc) is 3.07. The molecule has 1 heterocycles. The highest BCUT2D eigenvalue weighted by Gasteiger charge is 2.20. The Bertz CT molecular complexity index is 366. The van der Waals surface area contributed by atoms with Crippen molar-refractivity contribution >= 4 is 0 Å². The van der Waals surface area contributed by atoms with Crippen molar-refractivity contribution in [1.29, 1.82) is 0 Å². The molecule has 0 saturated carbocycles. The lowest BCUT2D eigenvalue weighted by atomic mass is 10.0. The van der Waals surface area contributed by atoms with Gasteiger partial charge < -0.3 is 9.80 Å². The maximum Gasteiger partial charge on any atom is 0.0977 e. The molecular formula is C27H54N2. The molecule has 2 nitrogen and oxygen atoms in total. The molecule has 1 aliphatic rings. The van der Waals surface area contributed by atoms with Gasteiger partial charge in [0.25, 0.3) is 0 Å². The molecule has 0 aromatic rings. The molecular weight excluding hydrogens is 352 g/mol. The van der Waals surface area contributed by atoms with Gasteiger partial charge in [-0.2, -0.15) is 0 Å². The minimum absolute atomic E-state index is 0.572. The van der Waals surface area contributed by atoms with Crippen molar-refractivity contribution in [3.63, 3.8) is 0 Å². The van der Waals surface area contributed by atoms with Gasteiger partial charge in [0.15, 0.2) is 0 Å². The number of rotatable bonds is 21. The van der Waals surface area contributed by atoms with Crippen LogP contribution in [0.1, 0.15) is 143 Å². The van der Waals surface area contributed by atoms with Gasteiger partial charge in [-0.3, -0.25) is 0 Å². The van der Waals surface area contributed by atoms with E-state index in [2.05, 4.69) is 43.0 Å². The summed E-state index contributed by atoms with van der Waals surface area (Å²) in [5, 5.41) is 0. The highest BCUT2D eigenvalue weighted by Crippen LogP contribution is 2.18. The van der Waals surface area contributed by atoms with Crippen LogP contribution >= 0.6 is 0 Å².